The van der Waals surface area contributed by atoms with Gasteiger partial charge in [-0.3, -0.25) is 0 Å². The van der Waals surface area contributed by atoms with Crippen LogP contribution in [0.4, 0.5) is 0 Å². The SMILES string of the molecule is OC(O)C1=Cc2ccc(C(O)O)cc2C=CC1. The second-order valence-corrected chi connectivity index (χ2v) is 3.96. The summed E-state index contributed by atoms with van der Waals surface area (Å²) in [5.74, 6) is 0. The summed E-state index contributed by atoms with van der Waals surface area (Å²) >= 11 is 0. The number of rotatable bonds is 2. The first-order chi connectivity index (χ1) is 8.08. The van der Waals surface area contributed by atoms with Crippen molar-refractivity contribution in [3.05, 3.63) is 46.5 Å². The summed E-state index contributed by atoms with van der Waals surface area (Å²) in [5, 5.41) is 36.4. The molecule has 90 valence electrons. The Balaban J connectivity index is 2.45. The van der Waals surface area contributed by atoms with Crippen LogP contribution in [-0.2, 0) is 0 Å². The molecule has 0 unspecified atom stereocenters. The fraction of sp³-hybridized carbons (Fsp3) is 0.231. The van der Waals surface area contributed by atoms with Crippen molar-refractivity contribution in [2.45, 2.75) is 19.0 Å². The van der Waals surface area contributed by atoms with E-state index in [9.17, 15) is 0 Å². The van der Waals surface area contributed by atoms with E-state index in [0.29, 0.717) is 17.6 Å². The first-order valence-corrected chi connectivity index (χ1v) is 5.31. The first kappa shape index (κ1) is 12.0. The van der Waals surface area contributed by atoms with Crippen molar-refractivity contribution in [2.24, 2.45) is 0 Å². The summed E-state index contributed by atoms with van der Waals surface area (Å²) in [6.07, 6.45) is 2.84. The van der Waals surface area contributed by atoms with Gasteiger partial charge in [-0.05, 0) is 35.3 Å². The molecule has 1 aromatic carbocycles. The monoisotopic (exact) mass is 234 g/mol. The third-order valence-electron chi connectivity index (χ3n) is 2.73. The molecule has 0 amide bonds. The molecule has 0 heterocycles. The maximum atomic E-state index is 9.14. The summed E-state index contributed by atoms with van der Waals surface area (Å²) < 4.78 is 0. The lowest BCUT2D eigenvalue weighted by Crippen LogP contribution is -2.07. The van der Waals surface area contributed by atoms with E-state index in [4.69, 9.17) is 20.4 Å². The number of aliphatic hydroxyl groups excluding tert-OH is 2. The van der Waals surface area contributed by atoms with Crippen molar-refractivity contribution < 1.29 is 20.4 Å². The molecule has 0 radical (unpaired) electrons. The number of aliphatic hydroxyl groups is 4. The molecule has 0 aromatic heterocycles. The summed E-state index contributed by atoms with van der Waals surface area (Å²) in [4.78, 5) is 0. The number of hydrogen-bond donors (Lipinski definition) is 4. The van der Waals surface area contributed by atoms with Crippen LogP contribution in [0.15, 0.2) is 29.8 Å². The molecule has 0 aliphatic heterocycles. The summed E-state index contributed by atoms with van der Waals surface area (Å²) in [5.41, 5.74) is 2.57. The largest absolute Gasteiger partial charge is 0.365 e. The fourth-order valence-corrected chi connectivity index (χ4v) is 1.79. The molecule has 4 nitrogen and oxygen atoms in total. The molecule has 4 heteroatoms. The second-order valence-electron chi connectivity index (χ2n) is 3.96. The van der Waals surface area contributed by atoms with Gasteiger partial charge in [0, 0.05) is 5.56 Å². The Morgan fingerprint density at radius 2 is 1.71 bits per heavy atom. The standard InChI is InChI=1S/C13H14O4/c14-12(15)10-3-1-2-8-6-11(13(16)17)5-4-9(8)7-10/h1-2,4-7,12-17H,3H2. The topological polar surface area (TPSA) is 80.9 Å². The molecule has 0 spiro atoms. The van der Waals surface area contributed by atoms with Crippen LogP contribution in [0.2, 0.25) is 0 Å². The molecule has 17 heavy (non-hydrogen) atoms. The highest BCUT2D eigenvalue weighted by Gasteiger charge is 2.11. The van der Waals surface area contributed by atoms with Gasteiger partial charge in [-0.25, -0.2) is 0 Å². The van der Waals surface area contributed by atoms with E-state index in [1.807, 2.05) is 12.2 Å². The van der Waals surface area contributed by atoms with E-state index in [-0.39, 0.29) is 0 Å². The molecule has 1 aliphatic carbocycles. The Kier molecular flexibility index (Phi) is 3.40. The van der Waals surface area contributed by atoms with E-state index in [0.717, 1.165) is 11.1 Å². The zero-order valence-electron chi connectivity index (χ0n) is 9.11. The molecule has 1 aromatic rings. The number of fused-ring (bicyclic) bond motifs is 1. The summed E-state index contributed by atoms with van der Waals surface area (Å²) in [6.45, 7) is 0. The second kappa shape index (κ2) is 4.81. The Hall–Kier alpha value is -1.46. The van der Waals surface area contributed by atoms with Gasteiger partial charge in [0.2, 0.25) is 0 Å². The van der Waals surface area contributed by atoms with Gasteiger partial charge in [0.1, 0.15) is 0 Å². The average molecular weight is 234 g/mol. The Labute approximate surface area is 98.8 Å². The minimum absolute atomic E-state index is 0.412. The minimum Gasteiger partial charge on any atom is -0.365 e. The van der Waals surface area contributed by atoms with Gasteiger partial charge in [-0.2, -0.15) is 0 Å². The van der Waals surface area contributed by atoms with Crippen molar-refractivity contribution in [3.63, 3.8) is 0 Å². The molecule has 0 atom stereocenters. The molecule has 0 saturated carbocycles. The number of hydrogen-bond acceptors (Lipinski definition) is 4. The van der Waals surface area contributed by atoms with Gasteiger partial charge < -0.3 is 20.4 Å². The molecular weight excluding hydrogens is 220 g/mol. The van der Waals surface area contributed by atoms with E-state index >= 15 is 0 Å². The van der Waals surface area contributed by atoms with E-state index in [2.05, 4.69) is 0 Å². The molecule has 4 N–H and O–H groups in total. The van der Waals surface area contributed by atoms with Crippen molar-refractivity contribution in [1.29, 1.82) is 0 Å². The van der Waals surface area contributed by atoms with Crippen LogP contribution < -0.4 is 0 Å². The van der Waals surface area contributed by atoms with Crippen LogP contribution in [-0.4, -0.2) is 26.7 Å². The molecule has 0 saturated heterocycles. The van der Waals surface area contributed by atoms with E-state index in [1.165, 1.54) is 0 Å². The summed E-state index contributed by atoms with van der Waals surface area (Å²) in [6, 6.07) is 4.99. The molecule has 0 bridgehead atoms. The number of benzene rings is 1. The Morgan fingerprint density at radius 3 is 2.35 bits per heavy atom. The maximum absolute atomic E-state index is 9.14. The molecule has 0 fully saturated rings. The van der Waals surface area contributed by atoms with Crippen LogP contribution in [0.1, 0.15) is 29.4 Å². The zero-order chi connectivity index (χ0) is 12.4. The van der Waals surface area contributed by atoms with Gasteiger partial charge >= 0.3 is 0 Å². The normalized spacial score (nSPS) is 14.8. The minimum atomic E-state index is -1.50. The predicted molar refractivity (Wildman–Crippen MR) is 63.5 cm³/mol. The lowest BCUT2D eigenvalue weighted by molar-refractivity contribution is -0.0425. The van der Waals surface area contributed by atoms with Gasteiger partial charge in [0.25, 0.3) is 0 Å². The van der Waals surface area contributed by atoms with Crippen LogP contribution >= 0.6 is 0 Å². The number of allylic oxidation sites excluding steroid dienone is 1. The van der Waals surface area contributed by atoms with Crippen molar-refractivity contribution in [3.8, 4) is 0 Å². The average Bonchev–Trinajstić information content (AvgIpc) is 2.49. The highest BCUT2D eigenvalue weighted by Crippen LogP contribution is 2.25. The summed E-state index contributed by atoms with van der Waals surface area (Å²) in [7, 11) is 0. The highest BCUT2D eigenvalue weighted by atomic mass is 16.5. The van der Waals surface area contributed by atoms with Crippen LogP contribution in [0, 0.1) is 0 Å². The zero-order valence-corrected chi connectivity index (χ0v) is 9.11. The van der Waals surface area contributed by atoms with Crippen molar-refractivity contribution in [1.82, 2.24) is 0 Å². The lowest BCUT2D eigenvalue weighted by Gasteiger charge is -2.08. The molecule has 2 rings (SSSR count). The smallest absolute Gasteiger partial charge is 0.178 e. The quantitative estimate of drug-likeness (QED) is 0.570. The highest BCUT2D eigenvalue weighted by molar-refractivity contribution is 5.70. The van der Waals surface area contributed by atoms with Gasteiger partial charge in [-0.1, -0.05) is 24.3 Å². The third kappa shape index (κ3) is 2.62. The predicted octanol–water partition coefficient (Wildman–Crippen LogP) is 0.781. The van der Waals surface area contributed by atoms with Crippen molar-refractivity contribution >= 4 is 12.2 Å². The molecular formula is C13H14O4. The van der Waals surface area contributed by atoms with E-state index < -0.39 is 12.6 Å². The first-order valence-electron chi connectivity index (χ1n) is 5.31. The Morgan fingerprint density at radius 1 is 0.941 bits per heavy atom. The molecule has 1 aliphatic rings. The van der Waals surface area contributed by atoms with Gasteiger partial charge in [0.05, 0.1) is 0 Å². The van der Waals surface area contributed by atoms with Crippen LogP contribution in [0.25, 0.3) is 12.2 Å². The van der Waals surface area contributed by atoms with E-state index in [1.54, 1.807) is 24.3 Å². The third-order valence-corrected chi connectivity index (χ3v) is 2.73. The van der Waals surface area contributed by atoms with Gasteiger partial charge in [0.15, 0.2) is 12.6 Å². The lowest BCUT2D eigenvalue weighted by atomic mass is 10.0. The maximum Gasteiger partial charge on any atom is 0.178 e. The van der Waals surface area contributed by atoms with Crippen molar-refractivity contribution in [2.75, 3.05) is 0 Å². The van der Waals surface area contributed by atoms with Gasteiger partial charge in [-0.15, -0.1) is 0 Å². The van der Waals surface area contributed by atoms with Crippen LogP contribution in [0.3, 0.4) is 0 Å². The Bertz CT molecular complexity index is 472. The fourth-order valence-electron chi connectivity index (χ4n) is 1.79. The van der Waals surface area contributed by atoms with Crippen LogP contribution in [0.5, 0.6) is 0 Å².